The molecule has 0 aromatic heterocycles. The Kier molecular flexibility index (Phi) is 7.10. The number of hydrogen-bond donors (Lipinski definition) is 2. The summed E-state index contributed by atoms with van der Waals surface area (Å²) in [6.45, 7) is 8.47. The fraction of sp³-hybridized carbons (Fsp3) is 0.923. The van der Waals surface area contributed by atoms with E-state index in [0.717, 1.165) is 6.42 Å². The normalized spacial score (nSPS) is 30.6. The van der Waals surface area contributed by atoms with Crippen LogP contribution in [0.3, 0.4) is 0 Å². The largest absolute Gasteiger partial charge is 0.352 e. The zero-order chi connectivity index (χ0) is 12.3. The number of amides is 1. The molecular weight excluding hydrogens is 236 g/mol. The summed E-state index contributed by atoms with van der Waals surface area (Å²) in [5.41, 5.74) is 5.85. The van der Waals surface area contributed by atoms with Crippen LogP contribution in [-0.2, 0) is 4.79 Å². The molecule has 0 saturated heterocycles. The van der Waals surface area contributed by atoms with E-state index in [1.165, 1.54) is 12.8 Å². The average Bonchev–Trinajstić information content (AvgIpc) is 2.23. The minimum Gasteiger partial charge on any atom is -0.352 e. The minimum atomic E-state index is -0.371. The van der Waals surface area contributed by atoms with Crippen molar-refractivity contribution < 1.29 is 4.79 Å². The van der Waals surface area contributed by atoms with Crippen molar-refractivity contribution in [2.24, 2.45) is 23.5 Å². The summed E-state index contributed by atoms with van der Waals surface area (Å²) in [4.78, 5) is 11.9. The number of nitrogens with one attached hydrogen (secondary N) is 1. The molecule has 1 saturated carbocycles. The summed E-state index contributed by atoms with van der Waals surface area (Å²) in [6.07, 6.45) is 3.60. The van der Waals surface area contributed by atoms with Crippen molar-refractivity contribution in [1.29, 1.82) is 0 Å². The SMILES string of the molecule is CC1CCCC(NC(=O)[C@H](N)C(C)C)C1C.Cl. The molecule has 3 N–H and O–H groups in total. The lowest BCUT2D eigenvalue weighted by Gasteiger charge is -2.35. The Labute approximate surface area is 111 Å². The molecule has 1 amide bonds. The Balaban J connectivity index is 0.00000256. The number of carbonyl (C=O) groups excluding carboxylic acids is 1. The van der Waals surface area contributed by atoms with Gasteiger partial charge in [-0.1, -0.05) is 40.5 Å². The van der Waals surface area contributed by atoms with Crippen LogP contribution in [0.5, 0.6) is 0 Å². The van der Waals surface area contributed by atoms with Crippen molar-refractivity contribution in [3.63, 3.8) is 0 Å². The van der Waals surface area contributed by atoms with Crippen molar-refractivity contribution in [3.05, 3.63) is 0 Å². The quantitative estimate of drug-likeness (QED) is 0.820. The van der Waals surface area contributed by atoms with Gasteiger partial charge >= 0.3 is 0 Å². The number of hydrogen-bond acceptors (Lipinski definition) is 2. The lowest BCUT2D eigenvalue weighted by molar-refractivity contribution is -0.124. The standard InChI is InChI=1S/C13H26N2O.ClH/c1-8(2)12(14)13(16)15-11-7-5-6-9(3)10(11)4;/h8-12H,5-7,14H2,1-4H3,(H,15,16);1H/t9?,10?,11?,12-;/m1./s1. The Morgan fingerprint density at radius 3 is 2.41 bits per heavy atom. The van der Waals surface area contributed by atoms with Crippen LogP contribution >= 0.6 is 12.4 Å². The van der Waals surface area contributed by atoms with Gasteiger partial charge in [0.2, 0.25) is 5.91 Å². The molecule has 4 atom stereocenters. The van der Waals surface area contributed by atoms with Crippen LogP contribution in [0.15, 0.2) is 0 Å². The van der Waals surface area contributed by atoms with Gasteiger partial charge in [-0.05, 0) is 24.2 Å². The maximum Gasteiger partial charge on any atom is 0.237 e. The van der Waals surface area contributed by atoms with E-state index in [9.17, 15) is 4.79 Å². The lowest BCUT2D eigenvalue weighted by atomic mass is 9.78. The average molecular weight is 263 g/mol. The first-order valence-corrected chi connectivity index (χ1v) is 6.49. The van der Waals surface area contributed by atoms with Crippen molar-refractivity contribution in [2.75, 3.05) is 0 Å². The second kappa shape index (κ2) is 7.22. The third-order valence-electron chi connectivity index (χ3n) is 4.06. The zero-order valence-corrected chi connectivity index (χ0v) is 12.2. The number of carbonyl (C=O) groups is 1. The molecule has 3 nitrogen and oxygen atoms in total. The number of rotatable bonds is 3. The summed E-state index contributed by atoms with van der Waals surface area (Å²) in [6, 6.07) is -0.0505. The molecule has 0 aromatic carbocycles. The third kappa shape index (κ3) is 4.47. The van der Waals surface area contributed by atoms with Gasteiger partial charge in [0.05, 0.1) is 6.04 Å². The summed E-state index contributed by atoms with van der Waals surface area (Å²) < 4.78 is 0. The maximum absolute atomic E-state index is 11.9. The maximum atomic E-state index is 11.9. The third-order valence-corrected chi connectivity index (χ3v) is 4.06. The van der Waals surface area contributed by atoms with Gasteiger partial charge in [-0.3, -0.25) is 4.79 Å². The first-order chi connectivity index (χ1) is 7.43. The topological polar surface area (TPSA) is 55.1 Å². The molecule has 0 aromatic rings. The van der Waals surface area contributed by atoms with E-state index in [0.29, 0.717) is 17.9 Å². The molecular formula is C13H27ClN2O. The van der Waals surface area contributed by atoms with Gasteiger partial charge in [0.25, 0.3) is 0 Å². The molecule has 4 heteroatoms. The van der Waals surface area contributed by atoms with Crippen LogP contribution in [0, 0.1) is 17.8 Å². The van der Waals surface area contributed by atoms with Crippen LogP contribution in [0.2, 0.25) is 0 Å². The van der Waals surface area contributed by atoms with Crippen LogP contribution in [0.4, 0.5) is 0 Å². The highest BCUT2D eigenvalue weighted by atomic mass is 35.5. The fourth-order valence-electron chi connectivity index (χ4n) is 2.37. The Bertz CT molecular complexity index is 246. The van der Waals surface area contributed by atoms with Crippen molar-refractivity contribution in [2.45, 2.75) is 59.0 Å². The van der Waals surface area contributed by atoms with Gasteiger partial charge in [-0.2, -0.15) is 0 Å². The Morgan fingerprint density at radius 2 is 1.88 bits per heavy atom. The van der Waals surface area contributed by atoms with Crippen molar-refractivity contribution in [1.82, 2.24) is 5.32 Å². The monoisotopic (exact) mass is 262 g/mol. The van der Waals surface area contributed by atoms with E-state index in [4.69, 9.17) is 5.73 Å². The molecule has 17 heavy (non-hydrogen) atoms. The van der Waals surface area contributed by atoms with Crippen LogP contribution in [0.25, 0.3) is 0 Å². The lowest BCUT2D eigenvalue weighted by Crippen LogP contribution is -2.51. The van der Waals surface area contributed by atoms with Gasteiger partial charge in [0.15, 0.2) is 0 Å². The molecule has 0 bridgehead atoms. The summed E-state index contributed by atoms with van der Waals surface area (Å²) in [7, 11) is 0. The van der Waals surface area contributed by atoms with E-state index >= 15 is 0 Å². The van der Waals surface area contributed by atoms with Gasteiger partial charge < -0.3 is 11.1 Å². The molecule has 1 rings (SSSR count). The van der Waals surface area contributed by atoms with Gasteiger partial charge in [0.1, 0.15) is 0 Å². The Morgan fingerprint density at radius 1 is 1.29 bits per heavy atom. The van der Waals surface area contributed by atoms with Crippen LogP contribution < -0.4 is 11.1 Å². The molecule has 102 valence electrons. The summed E-state index contributed by atoms with van der Waals surface area (Å²) in [5.74, 6) is 1.49. The summed E-state index contributed by atoms with van der Waals surface area (Å²) in [5, 5.41) is 3.12. The minimum absolute atomic E-state index is 0. The molecule has 0 aliphatic heterocycles. The first-order valence-electron chi connectivity index (χ1n) is 6.49. The van der Waals surface area contributed by atoms with Crippen LogP contribution in [0.1, 0.15) is 47.0 Å². The molecule has 0 radical (unpaired) electrons. The highest BCUT2D eigenvalue weighted by Crippen LogP contribution is 2.29. The first kappa shape index (κ1) is 16.7. The second-order valence-corrected chi connectivity index (χ2v) is 5.65. The van der Waals surface area contributed by atoms with E-state index in [-0.39, 0.29) is 30.3 Å². The molecule has 3 unspecified atom stereocenters. The van der Waals surface area contributed by atoms with Gasteiger partial charge in [-0.15, -0.1) is 12.4 Å². The zero-order valence-electron chi connectivity index (χ0n) is 11.4. The molecule has 0 spiro atoms. The van der Waals surface area contributed by atoms with E-state index in [2.05, 4.69) is 19.2 Å². The molecule has 1 aliphatic carbocycles. The second-order valence-electron chi connectivity index (χ2n) is 5.65. The van der Waals surface area contributed by atoms with Crippen molar-refractivity contribution >= 4 is 18.3 Å². The molecule has 0 heterocycles. The van der Waals surface area contributed by atoms with E-state index in [1.54, 1.807) is 0 Å². The summed E-state index contributed by atoms with van der Waals surface area (Å²) >= 11 is 0. The number of halogens is 1. The Hall–Kier alpha value is -0.280. The van der Waals surface area contributed by atoms with Crippen LogP contribution in [-0.4, -0.2) is 18.0 Å². The van der Waals surface area contributed by atoms with E-state index < -0.39 is 0 Å². The highest BCUT2D eigenvalue weighted by molar-refractivity contribution is 5.85. The fourth-order valence-corrected chi connectivity index (χ4v) is 2.37. The molecule has 1 aliphatic rings. The van der Waals surface area contributed by atoms with Gasteiger partial charge in [-0.25, -0.2) is 0 Å². The van der Waals surface area contributed by atoms with E-state index in [1.807, 2.05) is 13.8 Å². The number of nitrogens with two attached hydrogens (primary N) is 1. The smallest absolute Gasteiger partial charge is 0.237 e. The van der Waals surface area contributed by atoms with Gasteiger partial charge in [0, 0.05) is 6.04 Å². The predicted molar refractivity (Wildman–Crippen MR) is 74.2 cm³/mol. The molecule has 1 fully saturated rings. The predicted octanol–water partition coefficient (Wildman–Crippen LogP) is 2.33. The van der Waals surface area contributed by atoms with Crippen molar-refractivity contribution in [3.8, 4) is 0 Å². The highest BCUT2D eigenvalue weighted by Gasteiger charge is 2.29.